The van der Waals surface area contributed by atoms with Crippen LogP contribution in [0.1, 0.15) is 66.1 Å². The molecule has 4 nitrogen and oxygen atoms in total. The van der Waals surface area contributed by atoms with Crippen molar-refractivity contribution in [3.63, 3.8) is 0 Å². The number of hydrogen-bond donors (Lipinski definition) is 1. The maximum atomic E-state index is 15.5. The normalized spacial score (nSPS) is 19.5. The zero-order valence-corrected chi connectivity index (χ0v) is 19.2. The fraction of sp³-hybridized carbons (Fsp3) is 0.458. The van der Waals surface area contributed by atoms with E-state index in [0.29, 0.717) is 28.7 Å². The van der Waals surface area contributed by atoms with Gasteiger partial charge in [-0.05, 0) is 73.9 Å². The molecule has 1 heterocycles. The van der Waals surface area contributed by atoms with Crippen molar-refractivity contribution >= 4 is 29.2 Å². The summed E-state index contributed by atoms with van der Waals surface area (Å²) in [6.07, 6.45) is 2.34. The van der Waals surface area contributed by atoms with Crippen molar-refractivity contribution in [2.75, 3.05) is 19.7 Å². The second-order valence-corrected chi connectivity index (χ2v) is 9.68. The van der Waals surface area contributed by atoms with E-state index >= 15 is 4.39 Å². The first-order chi connectivity index (χ1) is 15.1. The zero-order chi connectivity index (χ0) is 23.0. The number of aromatic carboxylic acids is 1. The van der Waals surface area contributed by atoms with Crippen LogP contribution >= 0.6 is 23.2 Å². The number of ether oxygens (including phenoxy) is 1. The Kier molecular flexibility index (Phi) is 6.66. The lowest BCUT2D eigenvalue weighted by Gasteiger charge is -2.39. The molecule has 0 aromatic heterocycles. The standard InChI is InChI=1S/C24H25Cl2F2NO3/c1-14(16-8-17(25)10-18(26)9-16)29-6-4-24(28,5-7-29)13-32-22-12-21(27)20(23(30)31)11-19(22)15-2-3-15/h8-12,14-15H,2-7,13H2,1H3,(H,30,31)/t14-/m1/s1. The van der Waals surface area contributed by atoms with E-state index in [4.69, 9.17) is 27.9 Å². The van der Waals surface area contributed by atoms with Crippen LogP contribution in [0, 0.1) is 5.82 Å². The molecule has 1 N–H and O–H groups in total. The average Bonchev–Trinajstić information content (AvgIpc) is 3.57. The number of likely N-dealkylation sites (tertiary alicyclic amines) is 1. The maximum absolute atomic E-state index is 15.5. The summed E-state index contributed by atoms with van der Waals surface area (Å²) in [7, 11) is 0. The van der Waals surface area contributed by atoms with Crippen molar-refractivity contribution < 1.29 is 23.4 Å². The highest BCUT2D eigenvalue weighted by atomic mass is 35.5. The van der Waals surface area contributed by atoms with Gasteiger partial charge in [0.15, 0.2) is 0 Å². The van der Waals surface area contributed by atoms with Crippen molar-refractivity contribution in [3.05, 3.63) is 62.9 Å². The summed E-state index contributed by atoms with van der Waals surface area (Å²) in [5.74, 6) is -1.79. The Morgan fingerprint density at radius 1 is 1.19 bits per heavy atom. The summed E-state index contributed by atoms with van der Waals surface area (Å²) < 4.78 is 35.5. The van der Waals surface area contributed by atoms with E-state index in [1.807, 2.05) is 19.1 Å². The number of carboxylic acid groups (broad SMARTS) is 1. The van der Waals surface area contributed by atoms with Crippen molar-refractivity contribution in [2.45, 2.75) is 50.2 Å². The Bertz CT molecular complexity index is 1000. The van der Waals surface area contributed by atoms with Crippen LogP contribution < -0.4 is 4.74 Å². The number of piperidine rings is 1. The van der Waals surface area contributed by atoms with Crippen LogP contribution in [-0.2, 0) is 0 Å². The van der Waals surface area contributed by atoms with Gasteiger partial charge in [0.05, 0.1) is 5.56 Å². The highest BCUT2D eigenvalue weighted by Crippen LogP contribution is 2.45. The number of alkyl halides is 1. The smallest absolute Gasteiger partial charge is 0.338 e. The number of nitrogens with zero attached hydrogens (tertiary/aromatic N) is 1. The minimum Gasteiger partial charge on any atom is -0.490 e. The summed E-state index contributed by atoms with van der Waals surface area (Å²) in [5.41, 5.74) is -0.285. The molecule has 0 amide bonds. The second kappa shape index (κ2) is 9.16. The number of benzene rings is 2. The van der Waals surface area contributed by atoms with Gasteiger partial charge in [0.2, 0.25) is 0 Å². The van der Waals surface area contributed by atoms with Gasteiger partial charge in [0.1, 0.15) is 23.8 Å². The molecule has 1 atom stereocenters. The predicted octanol–water partition coefficient (Wildman–Crippen LogP) is 6.65. The van der Waals surface area contributed by atoms with Crippen LogP contribution in [0.25, 0.3) is 0 Å². The third-order valence-corrected chi connectivity index (χ3v) is 6.88. The minimum atomic E-state index is -1.54. The molecule has 1 aliphatic heterocycles. The average molecular weight is 484 g/mol. The van der Waals surface area contributed by atoms with Crippen molar-refractivity contribution in [3.8, 4) is 5.75 Å². The highest BCUT2D eigenvalue weighted by Gasteiger charge is 2.38. The molecule has 1 saturated heterocycles. The van der Waals surface area contributed by atoms with Crippen LogP contribution in [0.5, 0.6) is 5.75 Å². The van der Waals surface area contributed by atoms with Gasteiger partial charge in [0, 0.05) is 35.2 Å². The molecule has 2 aromatic carbocycles. The summed E-state index contributed by atoms with van der Waals surface area (Å²) in [6.45, 7) is 2.92. The van der Waals surface area contributed by atoms with Gasteiger partial charge in [-0.2, -0.15) is 0 Å². The van der Waals surface area contributed by atoms with Gasteiger partial charge in [-0.1, -0.05) is 23.2 Å². The molecule has 0 bridgehead atoms. The molecule has 4 rings (SSSR count). The van der Waals surface area contributed by atoms with Gasteiger partial charge in [-0.25, -0.2) is 13.6 Å². The highest BCUT2D eigenvalue weighted by molar-refractivity contribution is 6.34. The van der Waals surface area contributed by atoms with Gasteiger partial charge in [0.25, 0.3) is 0 Å². The largest absolute Gasteiger partial charge is 0.490 e. The summed E-state index contributed by atoms with van der Waals surface area (Å²) >= 11 is 12.2. The van der Waals surface area contributed by atoms with E-state index < -0.39 is 17.5 Å². The van der Waals surface area contributed by atoms with E-state index in [1.165, 1.54) is 6.07 Å². The Labute approximate surface area is 196 Å². The molecule has 1 saturated carbocycles. The Hall–Kier alpha value is -1.89. The molecule has 0 spiro atoms. The molecular formula is C24H25Cl2F2NO3. The molecule has 8 heteroatoms. The molecule has 2 fully saturated rings. The lowest BCUT2D eigenvalue weighted by atomic mass is 9.92. The second-order valence-electron chi connectivity index (χ2n) is 8.80. The molecule has 172 valence electrons. The van der Waals surface area contributed by atoms with Gasteiger partial charge >= 0.3 is 5.97 Å². The lowest BCUT2D eigenvalue weighted by molar-refractivity contribution is 0.00613. The van der Waals surface area contributed by atoms with E-state index in [9.17, 15) is 14.3 Å². The fourth-order valence-corrected chi connectivity index (χ4v) is 4.81. The van der Waals surface area contributed by atoms with Crippen molar-refractivity contribution in [1.29, 1.82) is 0 Å². The quantitative estimate of drug-likeness (QED) is 0.478. The summed E-state index contributed by atoms with van der Waals surface area (Å²) in [6, 6.07) is 7.87. The van der Waals surface area contributed by atoms with E-state index in [1.54, 1.807) is 6.07 Å². The van der Waals surface area contributed by atoms with Gasteiger partial charge in [-0.15, -0.1) is 0 Å². The van der Waals surface area contributed by atoms with Crippen LogP contribution in [0.2, 0.25) is 10.0 Å². The molecule has 32 heavy (non-hydrogen) atoms. The van der Waals surface area contributed by atoms with Crippen LogP contribution in [-0.4, -0.2) is 41.3 Å². The molecule has 2 aliphatic rings. The SMILES string of the molecule is C[C@H](c1cc(Cl)cc(Cl)c1)N1CCC(F)(COc2cc(F)c(C(=O)O)cc2C2CC2)CC1. The number of halogens is 4. The molecule has 1 aliphatic carbocycles. The zero-order valence-electron chi connectivity index (χ0n) is 17.7. The van der Waals surface area contributed by atoms with Crippen molar-refractivity contribution in [2.24, 2.45) is 0 Å². The minimum absolute atomic E-state index is 0.0378. The van der Waals surface area contributed by atoms with Crippen LogP contribution in [0.3, 0.4) is 0 Å². The molecule has 0 radical (unpaired) electrons. The van der Waals surface area contributed by atoms with E-state index in [-0.39, 0.29) is 42.7 Å². The van der Waals surface area contributed by atoms with Crippen LogP contribution in [0.4, 0.5) is 8.78 Å². The van der Waals surface area contributed by atoms with Gasteiger partial charge in [-0.3, -0.25) is 4.90 Å². The molecule has 0 unspecified atom stereocenters. The maximum Gasteiger partial charge on any atom is 0.338 e. The topological polar surface area (TPSA) is 49.8 Å². The summed E-state index contributed by atoms with van der Waals surface area (Å²) in [4.78, 5) is 13.4. The Morgan fingerprint density at radius 3 is 2.38 bits per heavy atom. The first-order valence-corrected chi connectivity index (χ1v) is 11.5. The predicted molar refractivity (Wildman–Crippen MR) is 120 cm³/mol. The summed E-state index contributed by atoms with van der Waals surface area (Å²) in [5, 5.41) is 10.3. The lowest BCUT2D eigenvalue weighted by Crippen LogP contribution is -2.45. The monoisotopic (exact) mass is 483 g/mol. The number of rotatable bonds is 7. The third kappa shape index (κ3) is 5.19. The number of hydrogen-bond acceptors (Lipinski definition) is 3. The van der Waals surface area contributed by atoms with E-state index in [0.717, 1.165) is 24.5 Å². The van der Waals surface area contributed by atoms with Crippen LogP contribution in [0.15, 0.2) is 30.3 Å². The first-order valence-electron chi connectivity index (χ1n) is 10.7. The van der Waals surface area contributed by atoms with E-state index in [2.05, 4.69) is 4.90 Å². The number of carbonyl (C=O) groups is 1. The van der Waals surface area contributed by atoms with Gasteiger partial charge < -0.3 is 9.84 Å². The Morgan fingerprint density at radius 2 is 1.81 bits per heavy atom. The molecular weight excluding hydrogens is 459 g/mol. The fourth-order valence-electron chi connectivity index (χ4n) is 4.26. The third-order valence-electron chi connectivity index (χ3n) is 6.44. The van der Waals surface area contributed by atoms with Crippen molar-refractivity contribution in [1.82, 2.24) is 4.90 Å². The first kappa shape index (κ1) is 23.3. The Balaban J connectivity index is 1.40. The number of carboxylic acids is 1. The molecule has 2 aromatic rings.